The summed E-state index contributed by atoms with van der Waals surface area (Å²) >= 11 is 0. The fraction of sp³-hybridized carbons (Fsp3) is 0.0488. The molecule has 98 heavy (non-hydrogen) atoms. The number of nitrogens with zero attached hydrogens (tertiary/aromatic N) is 6. The van der Waals surface area contributed by atoms with Gasteiger partial charge in [0.2, 0.25) is 35.3 Å². The van der Waals surface area contributed by atoms with Crippen LogP contribution in [-0.2, 0) is 41.6 Å². The highest BCUT2D eigenvalue weighted by Crippen LogP contribution is 2.44. The van der Waals surface area contributed by atoms with Crippen LogP contribution in [0.5, 0.6) is 23.5 Å². The molecular formula is C82H38N6O10. The third-order valence-corrected chi connectivity index (χ3v) is 12.8. The minimum absolute atomic E-state index is 0.244. The summed E-state index contributed by atoms with van der Waals surface area (Å²) in [7, 11) is 0. The number of rotatable bonds is 12. The Labute approximate surface area is 557 Å². The average molecular weight is 1270 g/mol. The van der Waals surface area contributed by atoms with Gasteiger partial charge in [-0.1, -0.05) is 54.3 Å². The molecule has 4 heterocycles. The lowest BCUT2D eigenvalue weighted by atomic mass is 10.0. The lowest BCUT2D eigenvalue weighted by Crippen LogP contribution is -2.40. The normalized spacial score (nSPS) is 10.1. The molecule has 2 aliphatic rings. The first-order valence-corrected chi connectivity index (χ1v) is 28.2. The molecule has 6 aromatic rings. The van der Waals surface area contributed by atoms with Gasteiger partial charge in [-0.15, -0.1) is 0 Å². The molecule has 2 aliphatic heterocycles. The van der Waals surface area contributed by atoms with Crippen molar-refractivity contribution in [3.8, 4) is 34.9 Å². The van der Waals surface area contributed by atoms with E-state index in [9.17, 15) is 49.2 Å². The summed E-state index contributed by atoms with van der Waals surface area (Å²) in [5.41, 5.74) is 88.6. The van der Waals surface area contributed by atoms with E-state index in [2.05, 4.69) is 201 Å². The number of aromatic hydroxyl groups is 4. The van der Waals surface area contributed by atoms with Gasteiger partial charge in [-0.25, -0.2) is 18.9 Å². The molecule has 2 aromatic heterocycles. The smallest absolute Gasteiger partial charge is 0.258 e. The number of amides is 6. The number of benzene rings is 4. The van der Waals surface area contributed by atoms with E-state index in [1.807, 2.05) is 0 Å². The summed E-state index contributed by atoms with van der Waals surface area (Å²) in [6.07, 6.45) is 5.63. The third kappa shape index (κ3) is 18.2. The van der Waals surface area contributed by atoms with Gasteiger partial charge in [0.05, 0.1) is 22.7 Å². The summed E-state index contributed by atoms with van der Waals surface area (Å²) in [5.74, 6) is -6.46. The van der Waals surface area contributed by atoms with Gasteiger partial charge in [-0.05, 0) is 188 Å². The van der Waals surface area contributed by atoms with Crippen molar-refractivity contribution in [2.24, 2.45) is 0 Å². The third-order valence-electron chi connectivity index (χ3n) is 12.8. The molecule has 0 radical (unpaired) electrons. The maximum absolute atomic E-state index is 14.0. The maximum Gasteiger partial charge on any atom is 0.258 e. The minimum atomic E-state index is -0.851. The first kappa shape index (κ1) is 67.5. The Balaban J connectivity index is 1.13. The van der Waals surface area contributed by atoms with Crippen molar-refractivity contribution in [1.82, 2.24) is 9.13 Å². The van der Waals surface area contributed by atoms with Gasteiger partial charge in [-0.3, -0.25) is 38.6 Å². The van der Waals surface area contributed by atoms with Crippen LogP contribution in [0.1, 0.15) is 36.1 Å². The standard InChI is InChI=1S/C82H38N6O10/c1-4-5-6-7-8-9-10-11-12-13-14-15-16-17-18-19-20-21-22-23-24-25-26-27-28-29-30-31-32-33-34-35-36-37-74(83(62(2)89)72-60-79(95)87(81(72)97)70-50-42-66(43-51-70)58-64-38-46-68(47-39-64)85-75(91)54-55-76(85)92)84(63(3)90)73-61-80(96)88(82(73)98)71-52-44-67(45-53-71)59-65-40-48-69(49-41-65)86-77(93)56-57-78(86)94/h38-57,60-61,95-98H,1,58-59H2,2-3H3. The van der Waals surface area contributed by atoms with Gasteiger partial charge in [0.15, 0.2) is 5.82 Å². The van der Waals surface area contributed by atoms with Crippen LogP contribution < -0.4 is 19.6 Å². The molecule has 0 atom stereocenters. The van der Waals surface area contributed by atoms with Gasteiger partial charge in [0.25, 0.3) is 23.6 Å². The van der Waals surface area contributed by atoms with Crippen molar-refractivity contribution < 1.29 is 49.2 Å². The van der Waals surface area contributed by atoms with E-state index in [1.54, 1.807) is 97.1 Å². The summed E-state index contributed by atoms with van der Waals surface area (Å²) in [6.45, 7) is 5.51. The Bertz CT molecular complexity index is 5740. The van der Waals surface area contributed by atoms with Gasteiger partial charge >= 0.3 is 0 Å². The molecule has 4 aromatic carbocycles. The fourth-order valence-corrected chi connectivity index (χ4v) is 8.77. The Morgan fingerprint density at radius 1 is 0.347 bits per heavy atom. The highest BCUT2D eigenvalue weighted by Gasteiger charge is 2.35. The molecule has 6 amide bonds. The first-order chi connectivity index (χ1) is 47.6. The van der Waals surface area contributed by atoms with E-state index in [4.69, 9.17) is 0 Å². The maximum atomic E-state index is 14.0. The molecule has 4 N–H and O–H groups in total. The average Bonchev–Trinajstić information content (AvgIpc) is 1.61. The molecule has 0 spiro atoms. The zero-order chi connectivity index (χ0) is 69.6. The second-order valence-corrected chi connectivity index (χ2v) is 19.1. The Hall–Kier alpha value is -16.4. The number of imide groups is 2. The Morgan fingerprint density at radius 3 is 0.806 bits per heavy atom. The highest BCUT2D eigenvalue weighted by atomic mass is 16.3. The van der Waals surface area contributed by atoms with Crippen molar-refractivity contribution in [2.45, 2.75) is 26.7 Å². The van der Waals surface area contributed by atoms with E-state index in [1.165, 1.54) is 24.3 Å². The molecule has 456 valence electrons. The van der Waals surface area contributed by atoms with E-state index < -0.39 is 64.8 Å². The monoisotopic (exact) mass is 1270 g/mol. The van der Waals surface area contributed by atoms with Gasteiger partial charge in [0.1, 0.15) is 11.4 Å². The minimum Gasteiger partial charge on any atom is -0.494 e. The molecule has 16 heteroatoms. The number of aromatic nitrogens is 2. The number of carbonyl (C=O) groups excluding carboxylic acids is 6. The predicted octanol–water partition coefficient (Wildman–Crippen LogP) is 11.3. The lowest BCUT2D eigenvalue weighted by molar-refractivity contribution is -0.121. The largest absolute Gasteiger partial charge is 0.494 e. The summed E-state index contributed by atoms with van der Waals surface area (Å²) in [6, 6.07) is 29.2. The van der Waals surface area contributed by atoms with Crippen LogP contribution in [0.25, 0.3) is 11.4 Å². The van der Waals surface area contributed by atoms with Crippen molar-refractivity contribution in [3.05, 3.63) is 363 Å². The second kappa shape index (κ2) is 34.0. The molecular weight excluding hydrogens is 1230 g/mol. The molecule has 8 rings (SSSR count). The number of hydrogen-bond acceptors (Lipinski definition) is 10. The molecule has 0 aliphatic carbocycles. The zero-order valence-electron chi connectivity index (χ0n) is 51.2. The molecule has 0 fully saturated rings. The second-order valence-electron chi connectivity index (χ2n) is 19.1. The number of anilines is 4. The van der Waals surface area contributed by atoms with Gasteiger partial charge in [0, 0.05) is 142 Å². The summed E-state index contributed by atoms with van der Waals surface area (Å²) in [5, 5.41) is 46.9. The topological polar surface area (TPSA) is 206 Å². The van der Waals surface area contributed by atoms with Crippen molar-refractivity contribution >= 4 is 58.2 Å². The Morgan fingerprint density at radius 2 is 0.571 bits per heavy atom. The number of carbonyl (C=O) groups is 6. The molecule has 0 saturated carbocycles. The highest BCUT2D eigenvalue weighted by molar-refractivity contribution is 6.28. The number of hydrogen-bond donors (Lipinski definition) is 4. The SMILES string of the molecule is C=C=C=C=C=C=C=C=C=C=C=C=C=C=C=C=C=C=C=C=C=C=C=C=C=C=C=C=C=C=C=C=C=C=C=C(N(C(C)=O)c1cc(O)n(-c2ccc(Cc3ccc(N4C(=O)C=CC4=O)cc3)cc2)c1O)N(C(C)=O)c1cc(O)n(-c2ccc(Cc3ccc(N4C(=O)C=CC4=O)cc3)cc2)c1O. The molecule has 0 bridgehead atoms. The van der Waals surface area contributed by atoms with Crippen LogP contribution in [0.2, 0.25) is 0 Å². The molecule has 16 nitrogen and oxygen atoms in total. The van der Waals surface area contributed by atoms with Crippen LogP contribution >= 0.6 is 0 Å². The van der Waals surface area contributed by atoms with Crippen molar-refractivity contribution in [2.75, 3.05) is 19.6 Å². The van der Waals surface area contributed by atoms with Crippen LogP contribution in [0.15, 0.2) is 341 Å². The summed E-state index contributed by atoms with van der Waals surface area (Å²) in [4.78, 5) is 80.6. The molecule has 0 unspecified atom stereocenters. The summed E-state index contributed by atoms with van der Waals surface area (Å²) < 4.78 is 2.07. The molecule has 0 saturated heterocycles. The van der Waals surface area contributed by atoms with Crippen molar-refractivity contribution in [3.63, 3.8) is 0 Å². The Kier molecular flexibility index (Phi) is 23.4. The lowest BCUT2D eigenvalue weighted by Gasteiger charge is -2.29. The van der Waals surface area contributed by atoms with E-state index in [0.29, 0.717) is 24.2 Å². The van der Waals surface area contributed by atoms with E-state index >= 15 is 0 Å². The van der Waals surface area contributed by atoms with Gasteiger partial charge < -0.3 is 20.4 Å². The van der Waals surface area contributed by atoms with E-state index in [-0.39, 0.29) is 22.7 Å². The first-order valence-electron chi connectivity index (χ1n) is 28.2. The predicted molar refractivity (Wildman–Crippen MR) is 355 cm³/mol. The van der Waals surface area contributed by atoms with Crippen LogP contribution in [0, 0.1) is 0 Å². The van der Waals surface area contributed by atoms with Crippen molar-refractivity contribution in [1.29, 1.82) is 0 Å². The van der Waals surface area contributed by atoms with Crippen LogP contribution in [0.3, 0.4) is 0 Å². The van der Waals surface area contributed by atoms with E-state index in [0.717, 1.165) is 77.0 Å². The van der Waals surface area contributed by atoms with Crippen LogP contribution in [-0.4, -0.2) is 65.0 Å². The quantitative estimate of drug-likeness (QED) is 0.0674. The fourth-order valence-electron chi connectivity index (χ4n) is 8.77. The van der Waals surface area contributed by atoms with Gasteiger partial charge in [-0.2, -0.15) is 0 Å². The van der Waals surface area contributed by atoms with Crippen LogP contribution in [0.4, 0.5) is 22.7 Å². The zero-order valence-corrected chi connectivity index (χ0v) is 51.2.